The van der Waals surface area contributed by atoms with Crippen LogP contribution in [0.4, 0.5) is 0 Å². The van der Waals surface area contributed by atoms with E-state index in [4.69, 9.17) is 9.47 Å². The largest absolute Gasteiger partial charge is 0.458 e. The summed E-state index contributed by atoms with van der Waals surface area (Å²) < 4.78 is 10.8. The minimum absolute atomic E-state index is 0.0116. The molecule has 3 atom stereocenters. The molecule has 0 bridgehead atoms. The maximum Gasteiger partial charge on any atom is 0.332 e. The van der Waals surface area contributed by atoms with E-state index in [9.17, 15) is 9.90 Å². The topological polar surface area (TPSA) is 55.8 Å². The number of carbonyl (C=O) groups excluding carboxylic acids is 1. The molecule has 1 fully saturated rings. The minimum atomic E-state index is -0.490. The fourth-order valence-electron chi connectivity index (χ4n) is 4.26. The maximum atomic E-state index is 11.8. The zero-order valence-corrected chi connectivity index (χ0v) is 22.9. The summed E-state index contributed by atoms with van der Waals surface area (Å²) in [7, 11) is 0. The van der Waals surface area contributed by atoms with Gasteiger partial charge in [0.05, 0.1) is 12.7 Å². The van der Waals surface area contributed by atoms with Gasteiger partial charge in [0, 0.05) is 5.41 Å². The molecule has 0 aromatic carbocycles. The van der Waals surface area contributed by atoms with Crippen molar-refractivity contribution in [2.45, 2.75) is 112 Å². The van der Waals surface area contributed by atoms with Crippen molar-refractivity contribution in [1.82, 2.24) is 0 Å². The monoisotopic (exact) mass is 474 g/mol. The van der Waals surface area contributed by atoms with Crippen molar-refractivity contribution in [3.63, 3.8) is 0 Å². The number of carbonyl (C=O) groups is 1. The van der Waals surface area contributed by atoms with Gasteiger partial charge in [-0.2, -0.15) is 0 Å². The summed E-state index contributed by atoms with van der Waals surface area (Å²) in [5.41, 5.74) is 2.23. The maximum absolute atomic E-state index is 11.8. The van der Waals surface area contributed by atoms with Crippen molar-refractivity contribution in [3.05, 3.63) is 47.6 Å². The van der Waals surface area contributed by atoms with Gasteiger partial charge >= 0.3 is 5.97 Å². The van der Waals surface area contributed by atoms with Gasteiger partial charge in [0.1, 0.15) is 12.2 Å². The number of aliphatic hydroxyl groups is 1. The highest BCUT2D eigenvalue weighted by Crippen LogP contribution is 2.41. The number of hydrogen-bond donors (Lipinski definition) is 1. The van der Waals surface area contributed by atoms with Crippen LogP contribution >= 0.6 is 0 Å². The smallest absolute Gasteiger partial charge is 0.332 e. The summed E-state index contributed by atoms with van der Waals surface area (Å²) in [6.07, 6.45) is 20.9. The SMILES string of the molecule is CC(C)=CCC[C@H](C)CC[C@H](O)/C=C/C=C/[C@]1(C)CCCC/C1=C\COCC(=O)OC(C)(C)C. The second kappa shape index (κ2) is 15.4. The number of allylic oxidation sites excluding steroid dienone is 6. The zero-order valence-electron chi connectivity index (χ0n) is 22.9. The number of aliphatic hydroxyl groups excluding tert-OH is 1. The van der Waals surface area contributed by atoms with Gasteiger partial charge in [-0.25, -0.2) is 4.79 Å². The Hall–Kier alpha value is -1.65. The van der Waals surface area contributed by atoms with Crippen LogP contribution in [0.3, 0.4) is 0 Å². The summed E-state index contributed by atoms with van der Waals surface area (Å²) in [4.78, 5) is 11.8. The lowest BCUT2D eigenvalue weighted by atomic mass is 9.71. The molecule has 0 radical (unpaired) electrons. The lowest BCUT2D eigenvalue weighted by Crippen LogP contribution is -2.26. The Morgan fingerprint density at radius 1 is 1.15 bits per heavy atom. The van der Waals surface area contributed by atoms with Crippen LogP contribution in [0.25, 0.3) is 0 Å². The molecule has 0 aromatic rings. The predicted molar refractivity (Wildman–Crippen MR) is 143 cm³/mol. The molecule has 34 heavy (non-hydrogen) atoms. The van der Waals surface area contributed by atoms with Gasteiger partial charge in [-0.3, -0.25) is 0 Å². The van der Waals surface area contributed by atoms with Crippen LogP contribution in [-0.4, -0.2) is 36.0 Å². The standard InChI is InChI=1S/C30H50O4/c1-24(2)13-12-14-25(3)17-18-27(31)16-9-11-21-30(7)20-10-8-15-26(30)19-22-33-23-28(32)34-29(4,5)6/h9,11,13,16,19,21,25,27,31H,8,10,12,14-15,17-18,20,22-23H2,1-7H3/b16-9+,21-11+,26-19+/t25-,27+,30-/m0/s1. The second-order valence-electron chi connectivity index (χ2n) is 11.3. The van der Waals surface area contributed by atoms with Crippen molar-refractivity contribution in [2.24, 2.45) is 11.3 Å². The summed E-state index contributed by atoms with van der Waals surface area (Å²) in [6, 6.07) is 0. The van der Waals surface area contributed by atoms with E-state index in [1.807, 2.05) is 32.9 Å². The first kappa shape index (κ1) is 30.4. The molecule has 1 rings (SSSR count). The third-order valence-corrected chi connectivity index (χ3v) is 6.29. The first-order valence-corrected chi connectivity index (χ1v) is 13.1. The fourth-order valence-corrected chi connectivity index (χ4v) is 4.26. The van der Waals surface area contributed by atoms with Gasteiger partial charge in [-0.05, 0) is 85.5 Å². The molecule has 1 saturated carbocycles. The van der Waals surface area contributed by atoms with Crippen molar-refractivity contribution in [1.29, 1.82) is 0 Å². The molecule has 0 spiro atoms. The first-order valence-electron chi connectivity index (χ1n) is 13.1. The molecule has 4 nitrogen and oxygen atoms in total. The van der Waals surface area contributed by atoms with Gasteiger partial charge in [0.2, 0.25) is 0 Å². The van der Waals surface area contributed by atoms with Crippen LogP contribution in [0.15, 0.2) is 47.6 Å². The Balaban J connectivity index is 2.50. The molecule has 1 aliphatic carbocycles. The summed E-state index contributed by atoms with van der Waals surface area (Å²) in [5, 5.41) is 10.3. The molecule has 0 amide bonds. The lowest BCUT2D eigenvalue weighted by molar-refractivity contribution is -0.159. The molecule has 4 heteroatoms. The van der Waals surface area contributed by atoms with E-state index in [0.29, 0.717) is 12.5 Å². The Kier molecular flexibility index (Phi) is 13.7. The van der Waals surface area contributed by atoms with Crippen LogP contribution in [0.1, 0.15) is 99.8 Å². The van der Waals surface area contributed by atoms with E-state index in [-0.39, 0.29) is 18.0 Å². The molecule has 0 aliphatic heterocycles. The number of hydrogen-bond acceptors (Lipinski definition) is 4. The quantitative estimate of drug-likeness (QED) is 0.130. The normalized spacial score (nSPS) is 22.3. The average Bonchev–Trinajstić information content (AvgIpc) is 2.72. The highest BCUT2D eigenvalue weighted by Gasteiger charge is 2.28. The van der Waals surface area contributed by atoms with Crippen molar-refractivity contribution in [2.75, 3.05) is 13.2 Å². The molecule has 194 valence electrons. The van der Waals surface area contributed by atoms with Crippen LogP contribution in [-0.2, 0) is 14.3 Å². The summed E-state index contributed by atoms with van der Waals surface area (Å²) in [5.74, 6) is 0.295. The lowest BCUT2D eigenvalue weighted by Gasteiger charge is -2.34. The molecule has 1 aliphatic rings. The van der Waals surface area contributed by atoms with Crippen molar-refractivity contribution >= 4 is 5.97 Å². The Morgan fingerprint density at radius 2 is 1.88 bits per heavy atom. The van der Waals surface area contributed by atoms with Crippen LogP contribution in [0.2, 0.25) is 0 Å². The van der Waals surface area contributed by atoms with Crippen LogP contribution in [0, 0.1) is 11.3 Å². The average molecular weight is 475 g/mol. The van der Waals surface area contributed by atoms with Gasteiger partial charge in [-0.1, -0.05) is 67.9 Å². The third kappa shape index (κ3) is 13.9. The van der Waals surface area contributed by atoms with E-state index in [2.05, 4.69) is 52.0 Å². The van der Waals surface area contributed by atoms with Crippen molar-refractivity contribution in [3.8, 4) is 0 Å². The molecule has 0 heterocycles. The highest BCUT2D eigenvalue weighted by atomic mass is 16.6. The molecular formula is C30H50O4. The van der Waals surface area contributed by atoms with E-state index in [0.717, 1.165) is 32.1 Å². The summed E-state index contributed by atoms with van der Waals surface area (Å²) in [6.45, 7) is 14.8. The van der Waals surface area contributed by atoms with Crippen LogP contribution in [0.5, 0.6) is 0 Å². The van der Waals surface area contributed by atoms with Gasteiger partial charge < -0.3 is 14.6 Å². The van der Waals surface area contributed by atoms with Gasteiger partial charge in [0.25, 0.3) is 0 Å². The predicted octanol–water partition coefficient (Wildman–Crippen LogP) is 7.49. The van der Waals surface area contributed by atoms with Crippen LogP contribution < -0.4 is 0 Å². The molecular weight excluding hydrogens is 424 g/mol. The molecule has 0 aromatic heterocycles. The number of esters is 1. The Bertz CT molecular complexity index is 719. The molecule has 1 N–H and O–H groups in total. The minimum Gasteiger partial charge on any atom is -0.458 e. The first-order chi connectivity index (χ1) is 15.9. The molecule has 0 unspecified atom stereocenters. The van der Waals surface area contributed by atoms with E-state index >= 15 is 0 Å². The van der Waals surface area contributed by atoms with Crippen molar-refractivity contribution < 1.29 is 19.4 Å². The van der Waals surface area contributed by atoms with E-state index in [1.54, 1.807) is 0 Å². The third-order valence-electron chi connectivity index (χ3n) is 6.29. The Morgan fingerprint density at radius 3 is 2.56 bits per heavy atom. The zero-order chi connectivity index (χ0) is 25.6. The van der Waals surface area contributed by atoms with Gasteiger partial charge in [0.15, 0.2) is 0 Å². The number of ether oxygens (including phenoxy) is 2. The summed E-state index contributed by atoms with van der Waals surface area (Å²) >= 11 is 0. The van der Waals surface area contributed by atoms with E-state index in [1.165, 1.54) is 30.4 Å². The fraction of sp³-hybridized carbons (Fsp3) is 0.700. The Labute approximate surface area is 209 Å². The second-order valence-corrected chi connectivity index (χ2v) is 11.3. The van der Waals surface area contributed by atoms with E-state index < -0.39 is 11.7 Å². The highest BCUT2D eigenvalue weighted by molar-refractivity contribution is 5.71. The van der Waals surface area contributed by atoms with Gasteiger partial charge in [-0.15, -0.1) is 0 Å². The number of rotatable bonds is 13. The molecule has 0 saturated heterocycles.